The molecule has 0 spiro atoms. The van der Waals surface area contributed by atoms with Gasteiger partial charge in [0.05, 0.1) is 6.04 Å². The van der Waals surface area contributed by atoms with E-state index >= 15 is 0 Å². The van der Waals surface area contributed by atoms with Gasteiger partial charge in [-0.2, -0.15) is 0 Å². The number of aromatic nitrogens is 1. The molecular formula is C27H26N2O2. The molecule has 6 rings (SSSR count). The minimum atomic E-state index is 0.197. The molecule has 4 aromatic rings. The van der Waals surface area contributed by atoms with Crippen molar-refractivity contribution in [3.8, 4) is 11.5 Å². The summed E-state index contributed by atoms with van der Waals surface area (Å²) in [5.74, 6) is 1.74. The summed E-state index contributed by atoms with van der Waals surface area (Å²) in [7, 11) is 2.23. The van der Waals surface area contributed by atoms with Gasteiger partial charge >= 0.3 is 0 Å². The number of benzene rings is 3. The SMILES string of the molecule is Cc1ccc(Cn2cc(C3c4cc5c(cc4CCN3C)OCO5)c3ccccc32)cc1. The summed E-state index contributed by atoms with van der Waals surface area (Å²) >= 11 is 0. The van der Waals surface area contributed by atoms with Crippen LogP contribution in [0.25, 0.3) is 10.9 Å². The molecule has 1 aromatic heterocycles. The smallest absolute Gasteiger partial charge is 0.231 e. The number of hydrogen-bond acceptors (Lipinski definition) is 3. The van der Waals surface area contributed by atoms with Crippen LogP contribution in [0.4, 0.5) is 0 Å². The minimum Gasteiger partial charge on any atom is -0.454 e. The molecule has 0 N–H and O–H groups in total. The summed E-state index contributed by atoms with van der Waals surface area (Å²) in [5, 5.41) is 1.32. The largest absolute Gasteiger partial charge is 0.454 e. The van der Waals surface area contributed by atoms with Crippen LogP contribution in [-0.2, 0) is 13.0 Å². The van der Waals surface area contributed by atoms with E-state index in [0.717, 1.165) is 31.0 Å². The number of aryl methyl sites for hydroxylation is 1. The highest BCUT2D eigenvalue weighted by molar-refractivity contribution is 5.85. The summed E-state index contributed by atoms with van der Waals surface area (Å²) in [5.41, 5.74) is 7.93. The zero-order valence-corrected chi connectivity index (χ0v) is 18.0. The van der Waals surface area contributed by atoms with Crippen LogP contribution in [0, 0.1) is 6.92 Å². The predicted octanol–water partition coefficient (Wildman–Crippen LogP) is 5.30. The van der Waals surface area contributed by atoms with Crippen molar-refractivity contribution in [1.29, 1.82) is 0 Å². The molecule has 4 nitrogen and oxygen atoms in total. The summed E-state index contributed by atoms with van der Waals surface area (Å²) in [6.45, 7) is 4.34. The summed E-state index contributed by atoms with van der Waals surface area (Å²) in [6, 6.07) is 22.2. The number of hydrogen-bond donors (Lipinski definition) is 0. The van der Waals surface area contributed by atoms with E-state index in [-0.39, 0.29) is 6.04 Å². The molecule has 0 bridgehead atoms. The van der Waals surface area contributed by atoms with Gasteiger partial charge in [-0.3, -0.25) is 4.90 Å². The van der Waals surface area contributed by atoms with E-state index in [4.69, 9.17) is 9.47 Å². The second-order valence-electron chi connectivity index (χ2n) is 8.75. The fraction of sp³-hybridized carbons (Fsp3) is 0.259. The minimum absolute atomic E-state index is 0.197. The molecule has 156 valence electrons. The summed E-state index contributed by atoms with van der Waals surface area (Å²) in [4.78, 5) is 2.46. The van der Waals surface area contributed by atoms with E-state index in [9.17, 15) is 0 Å². The van der Waals surface area contributed by atoms with Crippen molar-refractivity contribution < 1.29 is 9.47 Å². The lowest BCUT2D eigenvalue weighted by molar-refractivity contribution is 0.174. The second kappa shape index (κ2) is 7.17. The molecular weight excluding hydrogens is 384 g/mol. The first-order chi connectivity index (χ1) is 15.2. The molecule has 1 unspecified atom stereocenters. The predicted molar refractivity (Wildman–Crippen MR) is 123 cm³/mol. The normalized spacial score (nSPS) is 17.8. The van der Waals surface area contributed by atoms with Gasteiger partial charge in [-0.25, -0.2) is 0 Å². The molecule has 3 heterocycles. The van der Waals surface area contributed by atoms with Crippen molar-refractivity contribution in [2.75, 3.05) is 20.4 Å². The van der Waals surface area contributed by atoms with Gasteiger partial charge < -0.3 is 14.0 Å². The van der Waals surface area contributed by atoms with Gasteiger partial charge in [0.2, 0.25) is 6.79 Å². The van der Waals surface area contributed by atoms with Crippen LogP contribution in [0.15, 0.2) is 66.9 Å². The van der Waals surface area contributed by atoms with Crippen LogP contribution in [0.1, 0.15) is 33.9 Å². The second-order valence-corrected chi connectivity index (χ2v) is 8.75. The van der Waals surface area contributed by atoms with Gasteiger partial charge in [0.1, 0.15) is 0 Å². The number of rotatable bonds is 3. The van der Waals surface area contributed by atoms with E-state index < -0.39 is 0 Å². The Balaban J connectivity index is 1.48. The highest BCUT2D eigenvalue weighted by Gasteiger charge is 2.31. The maximum atomic E-state index is 5.72. The van der Waals surface area contributed by atoms with Crippen LogP contribution < -0.4 is 9.47 Å². The maximum absolute atomic E-state index is 5.72. The number of nitrogens with zero attached hydrogens (tertiary/aromatic N) is 2. The Morgan fingerprint density at radius 1 is 0.935 bits per heavy atom. The summed E-state index contributed by atoms with van der Waals surface area (Å²) in [6.07, 6.45) is 3.38. The van der Waals surface area contributed by atoms with Gasteiger partial charge in [-0.15, -0.1) is 0 Å². The maximum Gasteiger partial charge on any atom is 0.231 e. The van der Waals surface area contributed by atoms with Gasteiger partial charge in [0, 0.05) is 30.2 Å². The third-order valence-corrected chi connectivity index (χ3v) is 6.69. The first-order valence-corrected chi connectivity index (χ1v) is 10.9. The fourth-order valence-corrected chi connectivity index (χ4v) is 5.05. The van der Waals surface area contributed by atoms with Crippen molar-refractivity contribution >= 4 is 10.9 Å². The zero-order valence-electron chi connectivity index (χ0n) is 18.0. The lowest BCUT2D eigenvalue weighted by Crippen LogP contribution is -2.32. The Hall–Kier alpha value is -3.24. The zero-order chi connectivity index (χ0) is 20.9. The van der Waals surface area contributed by atoms with Crippen LogP contribution >= 0.6 is 0 Å². The van der Waals surface area contributed by atoms with Gasteiger partial charge in [0.15, 0.2) is 11.5 Å². The van der Waals surface area contributed by atoms with Crippen molar-refractivity contribution in [2.45, 2.75) is 25.9 Å². The Kier molecular flexibility index (Phi) is 4.29. The Morgan fingerprint density at radius 3 is 2.55 bits per heavy atom. The molecule has 31 heavy (non-hydrogen) atoms. The molecule has 1 atom stereocenters. The van der Waals surface area contributed by atoms with E-state index in [1.165, 1.54) is 38.7 Å². The molecule has 0 aliphatic carbocycles. The third-order valence-electron chi connectivity index (χ3n) is 6.69. The molecule has 3 aromatic carbocycles. The van der Waals surface area contributed by atoms with Crippen LogP contribution in [0.2, 0.25) is 0 Å². The van der Waals surface area contributed by atoms with E-state index in [2.05, 4.69) is 90.3 Å². The van der Waals surface area contributed by atoms with Crippen LogP contribution in [0.3, 0.4) is 0 Å². The number of para-hydroxylation sites is 1. The van der Waals surface area contributed by atoms with Crippen LogP contribution in [0.5, 0.6) is 11.5 Å². The van der Waals surface area contributed by atoms with Gasteiger partial charge in [-0.1, -0.05) is 48.0 Å². The quantitative estimate of drug-likeness (QED) is 0.458. The average Bonchev–Trinajstić information content (AvgIpc) is 3.38. The first-order valence-electron chi connectivity index (χ1n) is 10.9. The highest BCUT2D eigenvalue weighted by atomic mass is 16.7. The molecule has 0 saturated carbocycles. The number of fused-ring (bicyclic) bond motifs is 3. The highest BCUT2D eigenvalue weighted by Crippen LogP contribution is 2.44. The Labute approximate surface area is 182 Å². The molecule has 4 heteroatoms. The van der Waals surface area contributed by atoms with E-state index in [1.807, 2.05) is 0 Å². The van der Waals surface area contributed by atoms with Gasteiger partial charge in [-0.05, 0) is 60.8 Å². The molecule has 0 amide bonds. The molecule has 0 fully saturated rings. The van der Waals surface area contributed by atoms with E-state index in [1.54, 1.807) is 0 Å². The van der Waals surface area contributed by atoms with Crippen molar-refractivity contribution in [2.24, 2.45) is 0 Å². The lowest BCUT2D eigenvalue weighted by Gasteiger charge is -2.34. The van der Waals surface area contributed by atoms with Crippen molar-refractivity contribution in [3.63, 3.8) is 0 Å². The Morgan fingerprint density at radius 2 is 1.71 bits per heavy atom. The summed E-state index contributed by atoms with van der Waals surface area (Å²) < 4.78 is 13.8. The van der Waals surface area contributed by atoms with E-state index in [0.29, 0.717) is 6.79 Å². The monoisotopic (exact) mass is 410 g/mol. The Bertz CT molecular complexity index is 1270. The topological polar surface area (TPSA) is 26.6 Å². The third kappa shape index (κ3) is 3.10. The number of ether oxygens (including phenoxy) is 2. The van der Waals surface area contributed by atoms with Gasteiger partial charge in [0.25, 0.3) is 0 Å². The van der Waals surface area contributed by atoms with Crippen molar-refractivity contribution in [3.05, 3.63) is 94.7 Å². The molecule has 0 radical (unpaired) electrons. The standard InChI is InChI=1S/C27H26N2O2/c1-18-7-9-19(10-8-18)15-29-16-23(21-5-3-4-6-24(21)29)27-22-14-26-25(30-17-31-26)13-20(22)11-12-28(27)2/h3-10,13-14,16,27H,11-12,15,17H2,1-2H3. The molecule has 2 aliphatic heterocycles. The van der Waals surface area contributed by atoms with Crippen molar-refractivity contribution in [1.82, 2.24) is 9.47 Å². The lowest BCUT2D eigenvalue weighted by atomic mass is 9.88. The fourth-order valence-electron chi connectivity index (χ4n) is 5.05. The first kappa shape index (κ1) is 18.5. The molecule has 2 aliphatic rings. The van der Waals surface area contributed by atoms with Crippen LogP contribution in [-0.4, -0.2) is 29.9 Å². The average molecular weight is 411 g/mol. The molecule has 0 saturated heterocycles. The number of likely N-dealkylation sites (N-methyl/N-ethyl adjacent to an activating group) is 1.